The molecule has 0 radical (unpaired) electrons. The van der Waals surface area contributed by atoms with E-state index in [1.54, 1.807) is 6.20 Å². The summed E-state index contributed by atoms with van der Waals surface area (Å²) in [6.07, 6.45) is 1.62. The number of aromatic nitrogens is 2. The first-order valence-corrected chi connectivity index (χ1v) is 6.35. The van der Waals surface area contributed by atoms with Gasteiger partial charge >= 0.3 is 0 Å². The van der Waals surface area contributed by atoms with E-state index in [-0.39, 0.29) is 6.04 Å². The SMILES string of the molecule is CCn1ncc(Cl)c1C(NN)c1cccc(Cl)c1. The van der Waals surface area contributed by atoms with Gasteiger partial charge in [-0.15, -0.1) is 0 Å². The molecule has 0 aliphatic heterocycles. The molecule has 96 valence electrons. The molecule has 0 amide bonds. The van der Waals surface area contributed by atoms with Crippen molar-refractivity contribution in [1.29, 1.82) is 0 Å². The fraction of sp³-hybridized carbons (Fsp3) is 0.250. The largest absolute Gasteiger partial charge is 0.271 e. The van der Waals surface area contributed by atoms with Crippen molar-refractivity contribution >= 4 is 23.2 Å². The van der Waals surface area contributed by atoms with Gasteiger partial charge in [0.05, 0.1) is 23.0 Å². The van der Waals surface area contributed by atoms with Crippen LogP contribution in [0.15, 0.2) is 30.5 Å². The Bertz CT molecular complexity index is 539. The summed E-state index contributed by atoms with van der Waals surface area (Å²) in [5, 5.41) is 5.45. The number of aryl methyl sites for hydroxylation is 1. The molecule has 0 aliphatic rings. The summed E-state index contributed by atoms with van der Waals surface area (Å²) in [6.45, 7) is 2.72. The number of hydrogen-bond acceptors (Lipinski definition) is 3. The lowest BCUT2D eigenvalue weighted by atomic mass is 10.0. The van der Waals surface area contributed by atoms with Crippen LogP contribution in [0.1, 0.15) is 24.2 Å². The average Bonchev–Trinajstić information content (AvgIpc) is 2.72. The van der Waals surface area contributed by atoms with Crippen LogP contribution in [0.25, 0.3) is 0 Å². The van der Waals surface area contributed by atoms with Gasteiger partial charge in [0.2, 0.25) is 0 Å². The second-order valence-corrected chi connectivity index (χ2v) is 4.69. The van der Waals surface area contributed by atoms with E-state index in [0.717, 1.165) is 17.8 Å². The van der Waals surface area contributed by atoms with Crippen LogP contribution in [-0.2, 0) is 6.54 Å². The van der Waals surface area contributed by atoms with Crippen molar-refractivity contribution in [3.05, 3.63) is 51.8 Å². The van der Waals surface area contributed by atoms with Gasteiger partial charge in [-0.3, -0.25) is 10.5 Å². The summed E-state index contributed by atoms with van der Waals surface area (Å²) in [7, 11) is 0. The lowest BCUT2D eigenvalue weighted by molar-refractivity contribution is 0.543. The Morgan fingerprint density at radius 1 is 1.44 bits per heavy atom. The molecule has 1 aromatic heterocycles. The molecule has 0 spiro atoms. The molecule has 0 saturated heterocycles. The highest BCUT2D eigenvalue weighted by atomic mass is 35.5. The Labute approximate surface area is 116 Å². The van der Waals surface area contributed by atoms with Crippen LogP contribution in [0.3, 0.4) is 0 Å². The van der Waals surface area contributed by atoms with E-state index >= 15 is 0 Å². The third-order valence-corrected chi connectivity index (χ3v) is 3.28. The molecule has 1 aromatic carbocycles. The molecule has 3 N–H and O–H groups in total. The average molecular weight is 285 g/mol. The molecule has 18 heavy (non-hydrogen) atoms. The lowest BCUT2D eigenvalue weighted by Crippen LogP contribution is -2.31. The fourth-order valence-corrected chi connectivity index (χ4v) is 2.38. The predicted octanol–water partition coefficient (Wildman–Crippen LogP) is 2.76. The first kappa shape index (κ1) is 13.4. The monoisotopic (exact) mass is 284 g/mol. The van der Waals surface area contributed by atoms with E-state index in [4.69, 9.17) is 29.0 Å². The molecule has 6 heteroatoms. The number of halogens is 2. The normalized spacial score (nSPS) is 12.7. The standard InChI is InChI=1S/C12H14Cl2N4/c1-2-18-12(10(14)7-16-18)11(17-15)8-4-3-5-9(13)6-8/h3-7,11,17H,2,15H2,1H3. The predicted molar refractivity (Wildman–Crippen MR) is 73.5 cm³/mol. The number of rotatable bonds is 4. The van der Waals surface area contributed by atoms with Crippen LogP contribution in [0, 0.1) is 0 Å². The van der Waals surface area contributed by atoms with Gasteiger partial charge in [-0.25, -0.2) is 5.43 Å². The second kappa shape index (κ2) is 5.71. The van der Waals surface area contributed by atoms with Gasteiger partial charge < -0.3 is 0 Å². The van der Waals surface area contributed by atoms with Crippen LogP contribution < -0.4 is 11.3 Å². The molecule has 1 heterocycles. The molecule has 2 aromatic rings. The number of hydrazine groups is 1. The fourth-order valence-electron chi connectivity index (χ4n) is 1.93. The van der Waals surface area contributed by atoms with E-state index < -0.39 is 0 Å². The topological polar surface area (TPSA) is 55.9 Å². The molecular weight excluding hydrogens is 271 g/mol. The lowest BCUT2D eigenvalue weighted by Gasteiger charge is -2.18. The Kier molecular flexibility index (Phi) is 4.24. The smallest absolute Gasteiger partial charge is 0.0894 e. The van der Waals surface area contributed by atoms with Crippen molar-refractivity contribution in [3.8, 4) is 0 Å². The van der Waals surface area contributed by atoms with Gasteiger partial charge in [-0.1, -0.05) is 35.3 Å². The van der Waals surface area contributed by atoms with Crippen molar-refractivity contribution in [1.82, 2.24) is 15.2 Å². The maximum atomic E-state index is 6.18. The minimum absolute atomic E-state index is 0.237. The second-order valence-electron chi connectivity index (χ2n) is 3.85. The third kappa shape index (κ3) is 2.52. The number of nitrogens with one attached hydrogen (secondary N) is 1. The van der Waals surface area contributed by atoms with Gasteiger partial charge in [0.15, 0.2) is 0 Å². The van der Waals surface area contributed by atoms with E-state index in [9.17, 15) is 0 Å². The number of hydrogen-bond donors (Lipinski definition) is 2. The molecular formula is C12H14Cl2N4. The van der Waals surface area contributed by atoms with Gasteiger partial charge in [-0.2, -0.15) is 5.10 Å². The summed E-state index contributed by atoms with van der Waals surface area (Å²) in [4.78, 5) is 0. The number of nitrogens with zero attached hydrogens (tertiary/aromatic N) is 2. The zero-order valence-corrected chi connectivity index (χ0v) is 11.4. The summed E-state index contributed by atoms with van der Waals surface area (Å²) in [6, 6.07) is 7.26. The number of benzene rings is 1. The molecule has 1 atom stereocenters. The maximum absolute atomic E-state index is 6.18. The van der Waals surface area contributed by atoms with Crippen molar-refractivity contribution in [3.63, 3.8) is 0 Å². The Morgan fingerprint density at radius 2 is 2.22 bits per heavy atom. The van der Waals surface area contributed by atoms with Crippen molar-refractivity contribution in [2.45, 2.75) is 19.5 Å². The molecule has 0 aliphatic carbocycles. The highest BCUT2D eigenvalue weighted by Crippen LogP contribution is 2.28. The summed E-state index contributed by atoms with van der Waals surface area (Å²) >= 11 is 12.2. The highest BCUT2D eigenvalue weighted by molar-refractivity contribution is 6.31. The van der Waals surface area contributed by atoms with E-state index in [2.05, 4.69) is 10.5 Å². The molecule has 0 bridgehead atoms. The minimum atomic E-state index is -0.237. The molecule has 2 rings (SSSR count). The summed E-state index contributed by atoms with van der Waals surface area (Å²) in [5.41, 5.74) is 4.54. The summed E-state index contributed by atoms with van der Waals surface area (Å²) < 4.78 is 1.81. The van der Waals surface area contributed by atoms with E-state index in [1.807, 2.05) is 35.9 Å². The first-order valence-electron chi connectivity index (χ1n) is 5.60. The van der Waals surface area contributed by atoms with Gasteiger partial charge in [0.1, 0.15) is 0 Å². The Balaban J connectivity index is 2.48. The van der Waals surface area contributed by atoms with Crippen LogP contribution in [0.2, 0.25) is 10.0 Å². The zero-order valence-electron chi connectivity index (χ0n) is 9.90. The number of nitrogens with two attached hydrogens (primary N) is 1. The third-order valence-electron chi connectivity index (χ3n) is 2.75. The van der Waals surface area contributed by atoms with Gasteiger partial charge in [0, 0.05) is 11.6 Å². The van der Waals surface area contributed by atoms with Gasteiger partial charge in [0.25, 0.3) is 0 Å². The summed E-state index contributed by atoms with van der Waals surface area (Å²) in [5.74, 6) is 5.65. The van der Waals surface area contributed by atoms with E-state index in [1.165, 1.54) is 0 Å². The Morgan fingerprint density at radius 3 is 2.83 bits per heavy atom. The van der Waals surface area contributed by atoms with Crippen LogP contribution in [0.5, 0.6) is 0 Å². The van der Waals surface area contributed by atoms with Crippen molar-refractivity contribution < 1.29 is 0 Å². The molecule has 0 saturated carbocycles. The van der Waals surface area contributed by atoms with Crippen molar-refractivity contribution in [2.24, 2.45) is 5.84 Å². The molecule has 4 nitrogen and oxygen atoms in total. The maximum Gasteiger partial charge on any atom is 0.0894 e. The van der Waals surface area contributed by atoms with E-state index in [0.29, 0.717) is 10.0 Å². The Hall–Kier alpha value is -1.07. The van der Waals surface area contributed by atoms with Crippen LogP contribution in [-0.4, -0.2) is 9.78 Å². The highest BCUT2D eigenvalue weighted by Gasteiger charge is 2.20. The molecule has 0 fully saturated rings. The first-order chi connectivity index (χ1) is 8.67. The minimum Gasteiger partial charge on any atom is -0.271 e. The quantitative estimate of drug-likeness (QED) is 0.671. The zero-order chi connectivity index (χ0) is 13.1. The van der Waals surface area contributed by atoms with Crippen molar-refractivity contribution in [2.75, 3.05) is 0 Å². The van der Waals surface area contributed by atoms with Gasteiger partial charge in [-0.05, 0) is 24.6 Å². The molecule has 1 unspecified atom stereocenters. The van der Waals surface area contributed by atoms with Crippen LogP contribution >= 0.6 is 23.2 Å². The van der Waals surface area contributed by atoms with Crippen LogP contribution in [0.4, 0.5) is 0 Å².